The Labute approximate surface area is 145 Å². The zero-order valence-electron chi connectivity index (χ0n) is 15.1. The van der Waals surface area contributed by atoms with Crippen molar-refractivity contribution in [2.75, 3.05) is 20.2 Å². The van der Waals surface area contributed by atoms with Gasteiger partial charge in [-0.05, 0) is 18.3 Å². The van der Waals surface area contributed by atoms with Crippen molar-refractivity contribution < 1.29 is 37.4 Å². The lowest BCUT2D eigenvalue weighted by Crippen LogP contribution is -2.32. The van der Waals surface area contributed by atoms with Gasteiger partial charge in [0, 0.05) is 20.2 Å². The summed E-state index contributed by atoms with van der Waals surface area (Å²) in [4.78, 5) is 31.3. The van der Waals surface area contributed by atoms with Crippen LogP contribution in [0.5, 0.6) is 0 Å². The highest BCUT2D eigenvalue weighted by atomic mass is 19.4. The van der Waals surface area contributed by atoms with Gasteiger partial charge in [-0.25, -0.2) is 0 Å². The maximum atomic E-state index is 11.9. The lowest BCUT2D eigenvalue weighted by atomic mass is 9.84. The van der Waals surface area contributed by atoms with Crippen LogP contribution in [-0.2, 0) is 19.1 Å². The Hall–Kier alpha value is -1.84. The molecule has 1 aliphatic heterocycles. The van der Waals surface area contributed by atoms with Gasteiger partial charge in [0.15, 0.2) is 0 Å². The van der Waals surface area contributed by atoms with E-state index in [-0.39, 0.29) is 23.9 Å². The van der Waals surface area contributed by atoms with Crippen LogP contribution in [0.15, 0.2) is 0 Å². The van der Waals surface area contributed by atoms with Gasteiger partial charge in [-0.2, -0.15) is 13.2 Å². The predicted octanol–water partition coefficient (Wildman–Crippen LogP) is 1.65. The molecule has 1 aliphatic rings. The molecule has 148 valence electrons. The van der Waals surface area contributed by atoms with Gasteiger partial charge in [-0.3, -0.25) is 14.4 Å². The normalized spacial score (nSPS) is 19.7. The molecule has 0 aromatic carbocycles. The van der Waals surface area contributed by atoms with Crippen LogP contribution in [-0.4, -0.2) is 60.8 Å². The van der Waals surface area contributed by atoms with Gasteiger partial charge in [0.2, 0.25) is 5.91 Å². The monoisotopic (exact) mass is 372 g/mol. The van der Waals surface area contributed by atoms with E-state index in [1.54, 1.807) is 7.11 Å². The van der Waals surface area contributed by atoms with Crippen LogP contribution in [0.3, 0.4) is 0 Å². The van der Waals surface area contributed by atoms with Crippen LogP contribution in [0, 0.1) is 11.3 Å². The van der Waals surface area contributed by atoms with E-state index in [0.29, 0.717) is 12.3 Å². The SMILES string of the molecule is CO[C@H](C)CC(=O)N1CC(C)C(C)(C)C1.NC(=O)C(F)(F)F.O=CO. The van der Waals surface area contributed by atoms with Crippen molar-refractivity contribution in [1.29, 1.82) is 0 Å². The third-order valence-corrected chi connectivity index (χ3v) is 3.92. The molecule has 1 rings (SSSR count). The van der Waals surface area contributed by atoms with E-state index in [9.17, 15) is 18.0 Å². The first-order valence-electron chi connectivity index (χ1n) is 7.47. The summed E-state index contributed by atoms with van der Waals surface area (Å²) in [5.74, 6) is -1.45. The largest absolute Gasteiger partial charge is 0.483 e. The Morgan fingerprint density at radius 3 is 2.08 bits per heavy atom. The van der Waals surface area contributed by atoms with Crippen molar-refractivity contribution in [3.63, 3.8) is 0 Å². The Balaban J connectivity index is 0. The Morgan fingerprint density at radius 1 is 1.44 bits per heavy atom. The summed E-state index contributed by atoms with van der Waals surface area (Å²) in [5.41, 5.74) is 4.06. The van der Waals surface area contributed by atoms with Crippen molar-refractivity contribution in [2.24, 2.45) is 17.1 Å². The molecule has 0 saturated carbocycles. The Bertz CT molecular complexity index is 441. The van der Waals surface area contributed by atoms with Crippen molar-refractivity contribution in [3.8, 4) is 0 Å². The number of methoxy groups -OCH3 is 1. The average Bonchev–Trinajstić information content (AvgIpc) is 2.73. The van der Waals surface area contributed by atoms with Gasteiger partial charge in [0.05, 0.1) is 12.5 Å². The standard InChI is InChI=1S/C12H23NO2.C2H2F3NO.CH2O2/c1-9-7-13(8-12(9,3)4)11(14)6-10(2)15-5;3-2(4,5)1(6)7;2-1-3/h9-10H,6-8H2,1-5H3;(H2,6,7);1H,(H,2,3)/t9?,10-;;/m1../s1. The molecule has 3 N–H and O–H groups in total. The number of halogens is 3. The van der Waals surface area contributed by atoms with Crippen molar-refractivity contribution in [3.05, 3.63) is 0 Å². The number of rotatable bonds is 3. The zero-order chi connectivity index (χ0) is 20.4. The third-order valence-electron chi connectivity index (χ3n) is 3.92. The van der Waals surface area contributed by atoms with Crippen LogP contribution in [0.2, 0.25) is 0 Å². The van der Waals surface area contributed by atoms with Crippen LogP contribution < -0.4 is 5.73 Å². The van der Waals surface area contributed by atoms with Crippen molar-refractivity contribution in [1.82, 2.24) is 4.90 Å². The van der Waals surface area contributed by atoms with E-state index in [1.165, 1.54) is 0 Å². The van der Waals surface area contributed by atoms with Gasteiger partial charge in [0.1, 0.15) is 0 Å². The number of carboxylic acid groups (broad SMARTS) is 1. The van der Waals surface area contributed by atoms with Gasteiger partial charge in [-0.1, -0.05) is 20.8 Å². The first-order chi connectivity index (χ1) is 11.2. The number of ether oxygens (including phenoxy) is 1. The first kappa shape index (κ1) is 25.4. The molecule has 0 aromatic heterocycles. The van der Waals surface area contributed by atoms with Crippen LogP contribution in [0.4, 0.5) is 13.2 Å². The number of carbonyl (C=O) groups is 3. The Kier molecular flexibility index (Phi) is 11.1. The number of hydrogen-bond acceptors (Lipinski definition) is 4. The second kappa shape index (κ2) is 10.9. The second-order valence-electron chi connectivity index (χ2n) is 6.38. The first-order valence-corrected chi connectivity index (χ1v) is 7.47. The third kappa shape index (κ3) is 10.6. The lowest BCUT2D eigenvalue weighted by Gasteiger charge is -2.22. The quantitative estimate of drug-likeness (QED) is 0.732. The fraction of sp³-hybridized carbons (Fsp3) is 0.800. The second-order valence-corrected chi connectivity index (χ2v) is 6.38. The van der Waals surface area contributed by atoms with E-state index in [4.69, 9.17) is 19.4 Å². The number of likely N-dealkylation sites (tertiary alicyclic amines) is 1. The van der Waals surface area contributed by atoms with Gasteiger partial charge in [-0.15, -0.1) is 0 Å². The van der Waals surface area contributed by atoms with Crippen LogP contribution in [0.25, 0.3) is 0 Å². The topological polar surface area (TPSA) is 110 Å². The highest BCUT2D eigenvalue weighted by molar-refractivity contribution is 5.79. The molecule has 25 heavy (non-hydrogen) atoms. The number of alkyl halides is 3. The fourth-order valence-electron chi connectivity index (χ4n) is 1.94. The maximum absolute atomic E-state index is 11.9. The maximum Gasteiger partial charge on any atom is 0.470 e. The summed E-state index contributed by atoms with van der Waals surface area (Å²) >= 11 is 0. The molecule has 1 unspecified atom stereocenters. The molecule has 2 amide bonds. The minimum Gasteiger partial charge on any atom is -0.483 e. The zero-order valence-corrected chi connectivity index (χ0v) is 15.1. The number of nitrogens with zero attached hydrogens (tertiary/aromatic N) is 1. The lowest BCUT2D eigenvalue weighted by molar-refractivity contribution is -0.169. The summed E-state index contributed by atoms with van der Waals surface area (Å²) in [6, 6.07) is 0. The number of hydrogen-bond donors (Lipinski definition) is 2. The van der Waals surface area contributed by atoms with E-state index in [2.05, 4.69) is 26.5 Å². The average molecular weight is 372 g/mol. The molecule has 2 atom stereocenters. The molecular formula is C15H27F3N2O5. The summed E-state index contributed by atoms with van der Waals surface area (Å²) in [7, 11) is 1.65. The van der Waals surface area contributed by atoms with Gasteiger partial charge >= 0.3 is 12.1 Å². The molecule has 10 heteroatoms. The fourth-order valence-corrected chi connectivity index (χ4v) is 1.94. The van der Waals surface area contributed by atoms with Crippen molar-refractivity contribution >= 4 is 18.3 Å². The predicted molar refractivity (Wildman–Crippen MR) is 84.6 cm³/mol. The van der Waals surface area contributed by atoms with Crippen LogP contribution >= 0.6 is 0 Å². The molecule has 1 fully saturated rings. The summed E-state index contributed by atoms with van der Waals surface area (Å²) in [5, 5.41) is 6.89. The summed E-state index contributed by atoms with van der Waals surface area (Å²) in [6.07, 6.45) is -4.34. The number of nitrogens with two attached hydrogens (primary N) is 1. The molecule has 1 heterocycles. The molecule has 0 aliphatic carbocycles. The molecule has 7 nitrogen and oxygen atoms in total. The van der Waals surface area contributed by atoms with Crippen molar-refractivity contribution in [2.45, 2.75) is 46.4 Å². The minimum absolute atomic E-state index is 0.0246. The van der Waals surface area contributed by atoms with Gasteiger partial charge < -0.3 is 20.5 Å². The molecule has 0 bridgehead atoms. The molecule has 1 saturated heterocycles. The van der Waals surface area contributed by atoms with E-state index < -0.39 is 12.1 Å². The summed E-state index contributed by atoms with van der Waals surface area (Å²) in [6.45, 7) is 10.1. The molecule has 0 spiro atoms. The van der Waals surface area contributed by atoms with Crippen LogP contribution in [0.1, 0.15) is 34.1 Å². The number of amides is 2. The summed E-state index contributed by atoms with van der Waals surface area (Å²) < 4.78 is 37.2. The molecule has 0 radical (unpaired) electrons. The van der Waals surface area contributed by atoms with E-state index >= 15 is 0 Å². The molecule has 0 aromatic rings. The minimum atomic E-state index is -4.86. The number of carbonyl (C=O) groups excluding carboxylic acids is 2. The Morgan fingerprint density at radius 2 is 1.84 bits per heavy atom. The van der Waals surface area contributed by atoms with E-state index in [1.807, 2.05) is 11.8 Å². The highest BCUT2D eigenvalue weighted by Crippen LogP contribution is 2.34. The van der Waals surface area contributed by atoms with Gasteiger partial charge in [0.25, 0.3) is 6.47 Å². The smallest absolute Gasteiger partial charge is 0.470 e. The number of primary amides is 1. The molecular weight excluding hydrogens is 345 g/mol. The highest BCUT2D eigenvalue weighted by Gasteiger charge is 2.38. The van der Waals surface area contributed by atoms with E-state index in [0.717, 1.165) is 13.1 Å².